The van der Waals surface area contributed by atoms with Crippen molar-refractivity contribution < 1.29 is 4.74 Å². The third-order valence-corrected chi connectivity index (χ3v) is 4.89. The molecule has 2 atom stereocenters. The Bertz CT molecular complexity index is 461. The highest BCUT2D eigenvalue weighted by molar-refractivity contribution is 6.42. The fourth-order valence-electron chi connectivity index (χ4n) is 2.92. The number of benzene rings is 1. The average Bonchev–Trinajstić information content (AvgIpc) is 3.10. The molecular formula is C14H17Cl2NO. The van der Waals surface area contributed by atoms with Crippen LogP contribution in [0.5, 0.6) is 0 Å². The second-order valence-corrected chi connectivity index (χ2v) is 6.29. The lowest BCUT2D eigenvalue weighted by Crippen LogP contribution is -2.50. The van der Waals surface area contributed by atoms with Crippen molar-refractivity contribution in [3.63, 3.8) is 0 Å². The van der Waals surface area contributed by atoms with Crippen LogP contribution in [0.25, 0.3) is 0 Å². The Morgan fingerprint density at radius 1 is 1.33 bits per heavy atom. The molecule has 0 spiro atoms. The highest BCUT2D eigenvalue weighted by atomic mass is 35.5. The first-order valence-corrected chi connectivity index (χ1v) is 7.19. The average molecular weight is 286 g/mol. The minimum Gasteiger partial charge on any atom is -0.376 e. The molecule has 0 radical (unpaired) electrons. The zero-order valence-electron chi connectivity index (χ0n) is 10.2. The first kappa shape index (κ1) is 12.7. The third kappa shape index (κ3) is 2.27. The summed E-state index contributed by atoms with van der Waals surface area (Å²) in [6, 6.07) is 5.74. The molecule has 0 amide bonds. The molecular weight excluding hydrogens is 269 g/mol. The van der Waals surface area contributed by atoms with Crippen molar-refractivity contribution in [1.29, 1.82) is 0 Å². The van der Waals surface area contributed by atoms with Crippen molar-refractivity contribution in [2.45, 2.75) is 37.3 Å². The van der Waals surface area contributed by atoms with E-state index in [9.17, 15) is 0 Å². The van der Waals surface area contributed by atoms with Gasteiger partial charge in [0.05, 0.1) is 16.1 Å². The number of hydrogen-bond donors (Lipinski definition) is 1. The van der Waals surface area contributed by atoms with Crippen LogP contribution in [0.4, 0.5) is 0 Å². The van der Waals surface area contributed by atoms with Gasteiger partial charge in [-0.1, -0.05) is 35.3 Å². The molecule has 98 valence electrons. The van der Waals surface area contributed by atoms with Gasteiger partial charge in [-0.2, -0.15) is 0 Å². The van der Waals surface area contributed by atoms with Crippen LogP contribution in [0.2, 0.25) is 10.0 Å². The Morgan fingerprint density at radius 2 is 2.11 bits per heavy atom. The smallest absolute Gasteiger partial charge is 0.0786 e. The lowest BCUT2D eigenvalue weighted by molar-refractivity contribution is 0.0627. The summed E-state index contributed by atoms with van der Waals surface area (Å²) in [7, 11) is 0. The lowest BCUT2D eigenvalue weighted by Gasteiger charge is -2.30. The summed E-state index contributed by atoms with van der Waals surface area (Å²) >= 11 is 12.3. The van der Waals surface area contributed by atoms with Crippen LogP contribution in [0.1, 0.15) is 24.8 Å². The maximum atomic E-state index is 6.57. The summed E-state index contributed by atoms with van der Waals surface area (Å²) in [6.45, 7) is 0.760. The SMILES string of the molecule is NC1(Cc2cccc(Cl)c2Cl)CCOC1C1CC1. The largest absolute Gasteiger partial charge is 0.376 e. The van der Waals surface area contributed by atoms with Gasteiger partial charge < -0.3 is 10.5 Å². The predicted octanol–water partition coefficient (Wildman–Crippen LogP) is 3.43. The second kappa shape index (κ2) is 4.68. The summed E-state index contributed by atoms with van der Waals surface area (Å²) in [6.07, 6.45) is 4.32. The van der Waals surface area contributed by atoms with Crippen molar-refractivity contribution >= 4 is 23.2 Å². The molecule has 1 aromatic rings. The van der Waals surface area contributed by atoms with Crippen LogP contribution in [0.15, 0.2) is 18.2 Å². The summed E-state index contributed by atoms with van der Waals surface area (Å²) < 4.78 is 5.83. The molecule has 1 heterocycles. The van der Waals surface area contributed by atoms with Crippen molar-refractivity contribution in [1.82, 2.24) is 0 Å². The maximum Gasteiger partial charge on any atom is 0.0786 e. The van der Waals surface area contributed by atoms with Gasteiger partial charge in [0.25, 0.3) is 0 Å². The van der Waals surface area contributed by atoms with Crippen molar-refractivity contribution in [3.05, 3.63) is 33.8 Å². The minimum absolute atomic E-state index is 0.188. The van der Waals surface area contributed by atoms with Gasteiger partial charge in [-0.3, -0.25) is 0 Å². The van der Waals surface area contributed by atoms with E-state index in [1.807, 2.05) is 12.1 Å². The quantitative estimate of drug-likeness (QED) is 0.924. The maximum absolute atomic E-state index is 6.57. The monoisotopic (exact) mass is 285 g/mol. The van der Waals surface area contributed by atoms with E-state index in [4.69, 9.17) is 33.7 Å². The van der Waals surface area contributed by atoms with E-state index in [1.165, 1.54) is 12.8 Å². The van der Waals surface area contributed by atoms with Gasteiger partial charge in [0.2, 0.25) is 0 Å². The summed E-state index contributed by atoms with van der Waals surface area (Å²) in [5, 5.41) is 1.23. The van der Waals surface area contributed by atoms with Gasteiger partial charge in [-0.05, 0) is 43.2 Å². The second-order valence-electron chi connectivity index (χ2n) is 5.50. The van der Waals surface area contributed by atoms with Crippen molar-refractivity contribution in [3.8, 4) is 0 Å². The van der Waals surface area contributed by atoms with Crippen LogP contribution in [0, 0.1) is 5.92 Å². The molecule has 4 heteroatoms. The van der Waals surface area contributed by atoms with Gasteiger partial charge in [-0.15, -0.1) is 0 Å². The highest BCUT2D eigenvalue weighted by Gasteiger charge is 2.48. The molecule has 0 bridgehead atoms. The standard InChI is InChI=1S/C14H17Cl2NO/c15-11-3-1-2-10(12(11)16)8-14(17)6-7-18-13(14)9-4-5-9/h1-3,9,13H,4-8,17H2. The van der Waals surface area contributed by atoms with E-state index in [0.717, 1.165) is 25.0 Å². The Balaban J connectivity index is 1.84. The number of nitrogens with two attached hydrogens (primary N) is 1. The Morgan fingerprint density at radius 3 is 2.83 bits per heavy atom. The van der Waals surface area contributed by atoms with E-state index in [-0.39, 0.29) is 11.6 Å². The van der Waals surface area contributed by atoms with E-state index in [1.54, 1.807) is 6.07 Å². The molecule has 2 unspecified atom stereocenters. The lowest BCUT2D eigenvalue weighted by atomic mass is 9.83. The first-order chi connectivity index (χ1) is 8.60. The summed E-state index contributed by atoms with van der Waals surface area (Å²) in [5.41, 5.74) is 7.32. The predicted molar refractivity (Wildman–Crippen MR) is 74.2 cm³/mol. The number of hydrogen-bond acceptors (Lipinski definition) is 2. The molecule has 2 nitrogen and oxygen atoms in total. The molecule has 2 N–H and O–H groups in total. The van der Waals surface area contributed by atoms with Crippen LogP contribution in [-0.2, 0) is 11.2 Å². The van der Waals surface area contributed by atoms with Crippen molar-refractivity contribution in [2.75, 3.05) is 6.61 Å². The molecule has 0 aromatic heterocycles. The van der Waals surface area contributed by atoms with Crippen molar-refractivity contribution in [2.24, 2.45) is 11.7 Å². The van der Waals surface area contributed by atoms with E-state index in [2.05, 4.69) is 0 Å². The van der Waals surface area contributed by atoms with Crippen LogP contribution >= 0.6 is 23.2 Å². The van der Waals surface area contributed by atoms with Gasteiger partial charge in [0.15, 0.2) is 0 Å². The normalized spacial score (nSPS) is 31.8. The third-order valence-electron chi connectivity index (χ3n) is 4.03. The number of halogens is 2. The Labute approximate surface area is 117 Å². The molecule has 2 aliphatic rings. The van der Waals surface area contributed by atoms with E-state index < -0.39 is 0 Å². The molecule has 2 fully saturated rings. The fourth-order valence-corrected chi connectivity index (χ4v) is 3.30. The topological polar surface area (TPSA) is 35.2 Å². The minimum atomic E-state index is -0.282. The van der Waals surface area contributed by atoms with E-state index >= 15 is 0 Å². The van der Waals surface area contributed by atoms with Crippen LogP contribution in [0.3, 0.4) is 0 Å². The summed E-state index contributed by atoms with van der Waals surface area (Å²) in [4.78, 5) is 0. The van der Waals surface area contributed by atoms with E-state index in [0.29, 0.717) is 16.0 Å². The van der Waals surface area contributed by atoms with Gasteiger partial charge in [0, 0.05) is 12.1 Å². The Kier molecular flexibility index (Phi) is 3.31. The number of rotatable bonds is 3. The van der Waals surface area contributed by atoms with Gasteiger partial charge >= 0.3 is 0 Å². The summed E-state index contributed by atoms with van der Waals surface area (Å²) in [5.74, 6) is 0.649. The van der Waals surface area contributed by atoms with Gasteiger partial charge in [-0.25, -0.2) is 0 Å². The van der Waals surface area contributed by atoms with Gasteiger partial charge in [0.1, 0.15) is 0 Å². The molecule has 1 aromatic carbocycles. The zero-order valence-corrected chi connectivity index (χ0v) is 11.7. The molecule has 18 heavy (non-hydrogen) atoms. The van der Waals surface area contributed by atoms with Crippen LogP contribution in [-0.4, -0.2) is 18.2 Å². The Hall–Kier alpha value is -0.280. The van der Waals surface area contributed by atoms with Crippen LogP contribution < -0.4 is 5.73 Å². The highest BCUT2D eigenvalue weighted by Crippen LogP contribution is 2.44. The molecule has 1 saturated heterocycles. The molecule has 1 aliphatic heterocycles. The molecule has 3 rings (SSSR count). The molecule has 1 saturated carbocycles. The first-order valence-electron chi connectivity index (χ1n) is 6.43. The molecule has 1 aliphatic carbocycles. The fraction of sp³-hybridized carbons (Fsp3) is 0.571. The number of ether oxygens (including phenoxy) is 1. The zero-order chi connectivity index (χ0) is 12.8.